The summed E-state index contributed by atoms with van der Waals surface area (Å²) in [7, 11) is 0. The molecule has 27 heavy (non-hydrogen) atoms. The van der Waals surface area contributed by atoms with Gasteiger partial charge in [-0.25, -0.2) is 4.98 Å². The maximum atomic E-state index is 12.9. The van der Waals surface area contributed by atoms with E-state index in [0.717, 1.165) is 43.4 Å². The first-order valence-electron chi connectivity index (χ1n) is 9.43. The molecule has 1 aromatic heterocycles. The second-order valence-electron chi connectivity index (χ2n) is 6.86. The summed E-state index contributed by atoms with van der Waals surface area (Å²) in [5.41, 5.74) is 1.42. The number of fused-ring (bicyclic) bond motifs is 1. The molecular formula is C20H23ClN2O4. The molecular weight excluding hydrogens is 368 g/mol. The van der Waals surface area contributed by atoms with Crippen LogP contribution >= 0.6 is 11.6 Å². The SMILES string of the molecule is CCOc1ccc(C(=O)N2CCc3oc(C4CCOCC4)nc3C2)cc1Cl. The van der Waals surface area contributed by atoms with E-state index in [0.29, 0.717) is 48.4 Å². The summed E-state index contributed by atoms with van der Waals surface area (Å²) < 4.78 is 16.8. The number of benzene rings is 1. The Morgan fingerprint density at radius 1 is 1.37 bits per heavy atom. The number of hydrogen-bond acceptors (Lipinski definition) is 5. The summed E-state index contributed by atoms with van der Waals surface area (Å²) in [4.78, 5) is 19.4. The fraction of sp³-hybridized carbons (Fsp3) is 0.500. The maximum Gasteiger partial charge on any atom is 0.254 e. The molecule has 6 nitrogen and oxygen atoms in total. The van der Waals surface area contributed by atoms with Crippen molar-refractivity contribution in [2.45, 2.75) is 38.6 Å². The monoisotopic (exact) mass is 390 g/mol. The minimum Gasteiger partial charge on any atom is -0.492 e. The van der Waals surface area contributed by atoms with Crippen LogP contribution in [0.25, 0.3) is 0 Å². The van der Waals surface area contributed by atoms with E-state index in [1.54, 1.807) is 23.1 Å². The molecule has 0 radical (unpaired) electrons. The normalized spacial score (nSPS) is 17.6. The van der Waals surface area contributed by atoms with Gasteiger partial charge in [0.25, 0.3) is 5.91 Å². The second-order valence-corrected chi connectivity index (χ2v) is 7.27. The molecule has 1 aromatic carbocycles. The number of aromatic nitrogens is 1. The zero-order chi connectivity index (χ0) is 18.8. The lowest BCUT2D eigenvalue weighted by Crippen LogP contribution is -2.35. The molecule has 1 saturated heterocycles. The molecule has 0 N–H and O–H groups in total. The van der Waals surface area contributed by atoms with Crippen LogP contribution in [0.1, 0.15) is 53.4 Å². The Morgan fingerprint density at radius 2 is 2.19 bits per heavy atom. The van der Waals surface area contributed by atoms with E-state index in [9.17, 15) is 4.79 Å². The zero-order valence-electron chi connectivity index (χ0n) is 15.4. The summed E-state index contributed by atoms with van der Waals surface area (Å²) in [6.45, 7) is 5.00. The molecule has 4 rings (SSSR count). The van der Waals surface area contributed by atoms with Crippen molar-refractivity contribution in [1.82, 2.24) is 9.88 Å². The molecule has 144 valence electrons. The lowest BCUT2D eigenvalue weighted by molar-refractivity contribution is 0.0725. The minimum atomic E-state index is -0.0544. The molecule has 0 aliphatic carbocycles. The predicted molar refractivity (Wildman–Crippen MR) is 100 cm³/mol. The van der Waals surface area contributed by atoms with E-state index in [4.69, 9.17) is 30.5 Å². The van der Waals surface area contributed by atoms with Gasteiger partial charge in [-0.05, 0) is 38.0 Å². The third-order valence-corrected chi connectivity index (χ3v) is 5.38. The van der Waals surface area contributed by atoms with Gasteiger partial charge in [0.2, 0.25) is 0 Å². The molecule has 2 aliphatic heterocycles. The van der Waals surface area contributed by atoms with Gasteiger partial charge in [-0.2, -0.15) is 0 Å². The lowest BCUT2D eigenvalue weighted by atomic mass is 10.0. The molecule has 2 aliphatic rings. The molecule has 7 heteroatoms. The number of oxazole rings is 1. The quantitative estimate of drug-likeness (QED) is 0.794. The highest BCUT2D eigenvalue weighted by Crippen LogP contribution is 2.31. The van der Waals surface area contributed by atoms with E-state index in [2.05, 4.69) is 0 Å². The van der Waals surface area contributed by atoms with Crippen molar-refractivity contribution < 1.29 is 18.7 Å². The van der Waals surface area contributed by atoms with Gasteiger partial charge in [0.1, 0.15) is 17.2 Å². The van der Waals surface area contributed by atoms with Gasteiger partial charge < -0.3 is 18.8 Å². The van der Waals surface area contributed by atoms with E-state index in [-0.39, 0.29) is 5.91 Å². The largest absolute Gasteiger partial charge is 0.492 e. The third kappa shape index (κ3) is 3.82. The zero-order valence-corrected chi connectivity index (χ0v) is 16.1. The van der Waals surface area contributed by atoms with Crippen molar-refractivity contribution in [3.63, 3.8) is 0 Å². The fourth-order valence-corrected chi connectivity index (χ4v) is 3.84. The first-order valence-corrected chi connectivity index (χ1v) is 9.81. The van der Waals surface area contributed by atoms with Gasteiger partial charge in [0.05, 0.1) is 18.2 Å². The number of amides is 1. The number of nitrogens with zero attached hydrogens (tertiary/aromatic N) is 2. The average Bonchev–Trinajstić information content (AvgIpc) is 3.13. The van der Waals surface area contributed by atoms with Gasteiger partial charge in [-0.1, -0.05) is 11.6 Å². The van der Waals surface area contributed by atoms with Crippen LogP contribution in [0.4, 0.5) is 0 Å². The molecule has 0 saturated carbocycles. The molecule has 0 atom stereocenters. The van der Waals surface area contributed by atoms with E-state index in [1.807, 2.05) is 6.92 Å². The summed E-state index contributed by atoms with van der Waals surface area (Å²) in [6.07, 6.45) is 2.56. The van der Waals surface area contributed by atoms with Crippen LogP contribution in [0.15, 0.2) is 22.6 Å². The van der Waals surface area contributed by atoms with Crippen molar-refractivity contribution >= 4 is 17.5 Å². The van der Waals surface area contributed by atoms with Crippen molar-refractivity contribution in [3.05, 3.63) is 46.1 Å². The lowest BCUT2D eigenvalue weighted by Gasteiger charge is -2.25. The Kier molecular flexibility index (Phi) is 5.36. The molecule has 1 amide bonds. The second kappa shape index (κ2) is 7.90. The van der Waals surface area contributed by atoms with Crippen molar-refractivity contribution in [1.29, 1.82) is 0 Å². The summed E-state index contributed by atoms with van der Waals surface area (Å²) in [5.74, 6) is 2.56. The van der Waals surface area contributed by atoms with Gasteiger partial charge in [-0.15, -0.1) is 0 Å². The topological polar surface area (TPSA) is 64.8 Å². The summed E-state index contributed by atoms with van der Waals surface area (Å²) >= 11 is 6.23. The average molecular weight is 391 g/mol. The van der Waals surface area contributed by atoms with Gasteiger partial charge >= 0.3 is 0 Å². The highest BCUT2D eigenvalue weighted by molar-refractivity contribution is 6.32. The Hall–Kier alpha value is -2.05. The highest BCUT2D eigenvalue weighted by Gasteiger charge is 2.29. The van der Waals surface area contributed by atoms with Crippen LogP contribution in [-0.4, -0.2) is 42.2 Å². The van der Waals surface area contributed by atoms with E-state index < -0.39 is 0 Å². The number of ether oxygens (including phenoxy) is 2. The fourth-order valence-electron chi connectivity index (χ4n) is 3.60. The number of carbonyl (C=O) groups is 1. The van der Waals surface area contributed by atoms with Crippen LogP contribution < -0.4 is 4.74 Å². The maximum absolute atomic E-state index is 12.9. The molecule has 0 unspecified atom stereocenters. The Balaban J connectivity index is 1.48. The standard InChI is InChI=1S/C20H23ClN2O4/c1-2-26-17-4-3-14(11-15(17)21)20(24)23-8-5-18-16(12-23)22-19(27-18)13-6-9-25-10-7-13/h3-4,11,13H,2,5-10,12H2,1H3. The van der Waals surface area contributed by atoms with Gasteiger partial charge in [0, 0.05) is 37.7 Å². The molecule has 3 heterocycles. The van der Waals surface area contributed by atoms with Crippen molar-refractivity contribution in [3.8, 4) is 5.75 Å². The van der Waals surface area contributed by atoms with Crippen LogP contribution in [0.3, 0.4) is 0 Å². The first-order chi connectivity index (χ1) is 13.2. The highest BCUT2D eigenvalue weighted by atomic mass is 35.5. The van der Waals surface area contributed by atoms with Crippen LogP contribution in [0, 0.1) is 0 Å². The van der Waals surface area contributed by atoms with Gasteiger partial charge in [-0.3, -0.25) is 4.79 Å². The van der Waals surface area contributed by atoms with Crippen molar-refractivity contribution in [2.24, 2.45) is 0 Å². The van der Waals surface area contributed by atoms with E-state index in [1.165, 1.54) is 0 Å². The molecule has 2 aromatic rings. The summed E-state index contributed by atoms with van der Waals surface area (Å²) in [5, 5.41) is 0.448. The van der Waals surface area contributed by atoms with Crippen molar-refractivity contribution in [2.75, 3.05) is 26.4 Å². The number of halogens is 1. The minimum absolute atomic E-state index is 0.0544. The molecule has 1 fully saturated rings. The molecule has 0 bridgehead atoms. The summed E-state index contributed by atoms with van der Waals surface area (Å²) in [6, 6.07) is 5.17. The van der Waals surface area contributed by atoms with Gasteiger partial charge in [0.15, 0.2) is 5.89 Å². The van der Waals surface area contributed by atoms with Crippen LogP contribution in [0.2, 0.25) is 5.02 Å². The Labute approximate surface area is 163 Å². The smallest absolute Gasteiger partial charge is 0.254 e. The number of hydrogen-bond donors (Lipinski definition) is 0. The predicted octanol–water partition coefficient (Wildman–Crippen LogP) is 3.82. The Bertz CT molecular complexity index is 829. The number of carbonyl (C=O) groups excluding carboxylic acids is 1. The van der Waals surface area contributed by atoms with Crippen LogP contribution in [-0.2, 0) is 17.7 Å². The van der Waals surface area contributed by atoms with Crippen LogP contribution in [0.5, 0.6) is 5.75 Å². The first kappa shape index (κ1) is 18.3. The third-order valence-electron chi connectivity index (χ3n) is 5.08. The van der Waals surface area contributed by atoms with E-state index >= 15 is 0 Å². The number of rotatable bonds is 4. The molecule has 0 spiro atoms. The Morgan fingerprint density at radius 3 is 2.93 bits per heavy atom.